The van der Waals surface area contributed by atoms with E-state index >= 15 is 0 Å². The Hall–Kier alpha value is -2.71. The molecule has 0 aliphatic heterocycles. The number of furan rings is 1. The molecule has 0 radical (unpaired) electrons. The van der Waals surface area contributed by atoms with Crippen molar-refractivity contribution in [3.05, 3.63) is 58.3 Å². The monoisotopic (exact) mass is 318 g/mol. The van der Waals surface area contributed by atoms with E-state index in [4.69, 9.17) is 4.42 Å². The lowest BCUT2D eigenvalue weighted by atomic mass is 10.2. The maximum absolute atomic E-state index is 13.3. The average Bonchev–Trinajstić information content (AvgIpc) is 2.92. The van der Waals surface area contributed by atoms with Crippen molar-refractivity contribution in [3.8, 4) is 0 Å². The number of nitrogens with one attached hydrogen (secondary N) is 1. The van der Waals surface area contributed by atoms with Gasteiger partial charge in [-0.1, -0.05) is 0 Å². The molecule has 0 unspecified atom stereocenters. The zero-order chi connectivity index (χ0) is 16.4. The lowest BCUT2D eigenvalue weighted by molar-refractivity contribution is 0.0953. The van der Waals surface area contributed by atoms with Gasteiger partial charge in [-0.25, -0.2) is 27.4 Å². The summed E-state index contributed by atoms with van der Waals surface area (Å²) < 4.78 is 70.2. The first kappa shape index (κ1) is 15.7. The molecule has 9 heteroatoms. The Kier molecular flexibility index (Phi) is 4.25. The molecular weight excluding hydrogens is 311 g/mol. The summed E-state index contributed by atoms with van der Waals surface area (Å²) in [7, 11) is 0. The van der Waals surface area contributed by atoms with Gasteiger partial charge >= 0.3 is 0 Å². The van der Waals surface area contributed by atoms with E-state index < -0.39 is 40.6 Å². The number of carbonyl (C=O) groups is 1. The van der Waals surface area contributed by atoms with Gasteiger partial charge in [0.15, 0.2) is 23.3 Å². The second kappa shape index (κ2) is 5.96. The minimum absolute atomic E-state index is 0.106. The molecule has 0 aliphatic carbocycles. The van der Waals surface area contributed by atoms with Crippen LogP contribution < -0.4 is 5.43 Å². The Morgan fingerprint density at radius 2 is 1.64 bits per heavy atom. The highest BCUT2D eigenvalue weighted by molar-refractivity contribution is 5.95. The molecule has 116 valence electrons. The van der Waals surface area contributed by atoms with Crippen LogP contribution in [0, 0.1) is 36.0 Å². The van der Waals surface area contributed by atoms with Crippen molar-refractivity contribution in [3.63, 3.8) is 0 Å². The van der Waals surface area contributed by atoms with Gasteiger partial charge in [-0.2, -0.15) is 5.10 Å². The molecule has 22 heavy (non-hydrogen) atoms. The van der Waals surface area contributed by atoms with Crippen LogP contribution in [0.25, 0.3) is 0 Å². The van der Waals surface area contributed by atoms with Gasteiger partial charge in [-0.05, 0) is 13.0 Å². The van der Waals surface area contributed by atoms with Crippen LogP contribution in [0.3, 0.4) is 0 Å². The Morgan fingerprint density at radius 1 is 1.09 bits per heavy atom. The predicted octanol–water partition coefficient (Wildman–Crippen LogP) is 3.05. The number of carbonyl (C=O) groups excluding carboxylic acids is 1. The first-order chi connectivity index (χ1) is 10.3. The molecule has 0 saturated carbocycles. The molecule has 0 atom stereocenters. The van der Waals surface area contributed by atoms with E-state index in [1.54, 1.807) is 0 Å². The highest BCUT2D eigenvalue weighted by Crippen LogP contribution is 2.21. The molecule has 1 aromatic heterocycles. The summed E-state index contributed by atoms with van der Waals surface area (Å²) >= 11 is 0. The number of amides is 1. The number of benzene rings is 1. The molecule has 4 nitrogen and oxygen atoms in total. The molecule has 0 spiro atoms. The van der Waals surface area contributed by atoms with Gasteiger partial charge in [0, 0.05) is 0 Å². The second-order valence-corrected chi connectivity index (χ2v) is 4.07. The molecule has 0 fully saturated rings. The summed E-state index contributed by atoms with van der Waals surface area (Å²) in [5.41, 5.74) is 0.724. The number of nitrogens with zero attached hydrogens (tertiary/aromatic N) is 1. The van der Waals surface area contributed by atoms with Crippen LogP contribution in [-0.2, 0) is 0 Å². The van der Waals surface area contributed by atoms with Gasteiger partial charge in [0.1, 0.15) is 5.76 Å². The third-order valence-corrected chi connectivity index (χ3v) is 2.71. The van der Waals surface area contributed by atoms with Gasteiger partial charge in [-0.3, -0.25) is 4.79 Å². The van der Waals surface area contributed by atoms with Crippen molar-refractivity contribution >= 4 is 12.1 Å². The van der Waals surface area contributed by atoms with Crippen LogP contribution in [0.1, 0.15) is 21.7 Å². The van der Waals surface area contributed by atoms with Crippen molar-refractivity contribution in [1.29, 1.82) is 0 Å². The molecule has 0 aliphatic rings. The molecule has 1 aromatic carbocycles. The summed E-state index contributed by atoms with van der Waals surface area (Å²) in [6.45, 7) is 1.49. The van der Waals surface area contributed by atoms with E-state index in [1.165, 1.54) is 19.3 Å². The van der Waals surface area contributed by atoms with Gasteiger partial charge in [0.25, 0.3) is 5.91 Å². The van der Waals surface area contributed by atoms with Crippen molar-refractivity contribution in [2.24, 2.45) is 5.10 Å². The molecule has 1 N–H and O–H groups in total. The van der Waals surface area contributed by atoms with Crippen molar-refractivity contribution in [2.75, 3.05) is 0 Å². The highest BCUT2D eigenvalue weighted by Gasteiger charge is 2.24. The van der Waals surface area contributed by atoms with Crippen molar-refractivity contribution in [1.82, 2.24) is 5.43 Å². The predicted molar refractivity (Wildman–Crippen MR) is 64.7 cm³/mol. The number of aryl methyl sites for hydroxylation is 1. The summed E-state index contributed by atoms with van der Waals surface area (Å²) in [6.07, 6.45) is 1.56. The third-order valence-electron chi connectivity index (χ3n) is 2.71. The highest BCUT2D eigenvalue weighted by atomic mass is 19.2. The normalized spacial score (nSPS) is 11.2. The molecule has 0 bridgehead atoms. The molecule has 2 rings (SSSR count). The Bertz CT molecular complexity index is 741. The zero-order valence-corrected chi connectivity index (χ0v) is 10.9. The maximum atomic E-state index is 13.3. The number of rotatable bonds is 3. The van der Waals surface area contributed by atoms with Crippen LogP contribution in [-0.4, -0.2) is 12.1 Å². The van der Waals surface area contributed by atoms with Gasteiger partial charge < -0.3 is 4.42 Å². The first-order valence-electron chi connectivity index (χ1n) is 5.73. The summed E-state index contributed by atoms with van der Waals surface area (Å²) in [6, 6.07) is 1.32. The van der Waals surface area contributed by atoms with Crippen molar-refractivity contribution in [2.45, 2.75) is 6.92 Å². The van der Waals surface area contributed by atoms with E-state index in [2.05, 4.69) is 5.10 Å². The zero-order valence-electron chi connectivity index (χ0n) is 10.9. The SMILES string of the molecule is Cc1occc1C(=O)NN=Cc1c(F)c(F)c(F)c(F)c1F. The fourth-order valence-corrected chi connectivity index (χ4v) is 1.57. The molecule has 1 amide bonds. The van der Waals surface area contributed by atoms with Crippen LogP contribution in [0.2, 0.25) is 0 Å². The number of hydrogen-bond donors (Lipinski definition) is 1. The third kappa shape index (κ3) is 2.69. The van der Waals surface area contributed by atoms with Gasteiger partial charge in [0.05, 0.1) is 23.6 Å². The topological polar surface area (TPSA) is 54.6 Å². The van der Waals surface area contributed by atoms with E-state index in [-0.39, 0.29) is 11.3 Å². The Labute approximate surface area is 120 Å². The largest absolute Gasteiger partial charge is 0.469 e. The second-order valence-electron chi connectivity index (χ2n) is 4.07. The summed E-state index contributed by atoms with van der Waals surface area (Å²) in [5, 5.41) is 3.17. The van der Waals surface area contributed by atoms with Gasteiger partial charge in [0.2, 0.25) is 5.82 Å². The minimum Gasteiger partial charge on any atom is -0.469 e. The molecule has 0 saturated heterocycles. The number of hydrazone groups is 1. The lowest BCUT2D eigenvalue weighted by Gasteiger charge is -2.04. The van der Waals surface area contributed by atoms with Gasteiger partial charge in [-0.15, -0.1) is 0 Å². The van der Waals surface area contributed by atoms with Crippen LogP contribution in [0.4, 0.5) is 22.0 Å². The maximum Gasteiger partial charge on any atom is 0.274 e. The van der Waals surface area contributed by atoms with Crippen LogP contribution >= 0.6 is 0 Å². The van der Waals surface area contributed by atoms with E-state index in [1.807, 2.05) is 5.43 Å². The van der Waals surface area contributed by atoms with Crippen LogP contribution in [0.5, 0.6) is 0 Å². The smallest absolute Gasteiger partial charge is 0.274 e. The first-order valence-corrected chi connectivity index (χ1v) is 5.73. The molecular formula is C13H7F5N2O2. The Balaban J connectivity index is 2.25. The summed E-state index contributed by atoms with van der Waals surface area (Å²) in [4.78, 5) is 11.6. The molecule has 2 aromatic rings. The molecule has 1 heterocycles. The fourth-order valence-electron chi connectivity index (χ4n) is 1.57. The van der Waals surface area contributed by atoms with E-state index in [0.717, 1.165) is 0 Å². The average molecular weight is 318 g/mol. The lowest BCUT2D eigenvalue weighted by Crippen LogP contribution is -2.18. The number of halogens is 5. The van der Waals surface area contributed by atoms with Crippen LogP contribution in [0.15, 0.2) is 21.8 Å². The quantitative estimate of drug-likeness (QED) is 0.311. The number of hydrogen-bond acceptors (Lipinski definition) is 3. The summed E-state index contributed by atoms with van der Waals surface area (Å²) in [5.74, 6) is -11.1. The van der Waals surface area contributed by atoms with Crippen molar-refractivity contribution < 1.29 is 31.2 Å². The standard InChI is InChI=1S/C13H7F5N2O2/c1-5-6(2-3-22-5)13(21)20-19-4-7-8(14)10(16)12(18)11(17)9(7)15/h2-4H,1H3,(H,20,21). The minimum atomic E-state index is -2.27. The van der Waals surface area contributed by atoms with E-state index in [9.17, 15) is 26.7 Å². The Morgan fingerprint density at radius 3 is 2.14 bits per heavy atom. The van der Waals surface area contributed by atoms with E-state index in [0.29, 0.717) is 6.21 Å². The fraction of sp³-hybridized carbons (Fsp3) is 0.0769.